The number of benzene rings is 1. The van der Waals surface area contributed by atoms with Crippen LogP contribution in [0.5, 0.6) is 0 Å². The van der Waals surface area contributed by atoms with Crippen LogP contribution in [0.25, 0.3) is 0 Å². The van der Waals surface area contributed by atoms with Crippen molar-refractivity contribution in [2.75, 3.05) is 11.5 Å². The van der Waals surface area contributed by atoms with Crippen LogP contribution in [-0.4, -0.2) is 31.6 Å². The van der Waals surface area contributed by atoms with Gasteiger partial charge in [-0.15, -0.1) is 0 Å². The fourth-order valence-corrected chi connectivity index (χ4v) is 2.52. The van der Waals surface area contributed by atoms with Gasteiger partial charge in [0.15, 0.2) is 15.6 Å². The Labute approximate surface area is 104 Å². The minimum atomic E-state index is -3.81. The smallest absolute Gasteiger partial charge is 0.232 e. The number of ketones is 1. The predicted molar refractivity (Wildman–Crippen MR) is 63.0 cm³/mol. The summed E-state index contributed by atoms with van der Waals surface area (Å²) in [6.45, 7) is 0. The highest BCUT2D eigenvalue weighted by atomic mass is 32.2. The molecule has 18 heavy (non-hydrogen) atoms. The van der Waals surface area contributed by atoms with Crippen LogP contribution in [0.3, 0.4) is 0 Å². The van der Waals surface area contributed by atoms with Gasteiger partial charge in [0.1, 0.15) is 17.3 Å². The second-order valence-corrected chi connectivity index (χ2v) is 5.90. The Kier molecular flexibility index (Phi) is 4.55. The van der Waals surface area contributed by atoms with Crippen molar-refractivity contribution >= 4 is 21.5 Å². The number of halogens is 1. The molecule has 1 aromatic rings. The van der Waals surface area contributed by atoms with Crippen LogP contribution >= 0.6 is 0 Å². The Morgan fingerprint density at radius 2 is 1.67 bits per heavy atom. The zero-order valence-electron chi connectivity index (χ0n) is 9.43. The zero-order chi connectivity index (χ0) is 13.8. The third-order valence-corrected chi connectivity index (χ3v) is 3.54. The van der Waals surface area contributed by atoms with E-state index < -0.39 is 38.9 Å². The fraction of sp³-hybridized carbons (Fsp3) is 0.273. The Hall–Kier alpha value is -1.76. The van der Waals surface area contributed by atoms with E-state index in [-0.39, 0.29) is 6.42 Å². The van der Waals surface area contributed by atoms with Gasteiger partial charge in [-0.1, -0.05) is 12.1 Å². The summed E-state index contributed by atoms with van der Waals surface area (Å²) in [5.41, 5.74) is 5.26. The maximum atomic E-state index is 12.6. The average molecular weight is 273 g/mol. The Morgan fingerprint density at radius 3 is 2.17 bits per heavy atom. The molecule has 0 bridgehead atoms. The SMILES string of the molecule is NC(=O)CS(=O)(=O)CC(=O)Cc1ccc(F)cc1. The predicted octanol–water partition coefficient (Wildman–Crippen LogP) is -0.163. The summed E-state index contributed by atoms with van der Waals surface area (Å²) < 4.78 is 35.2. The number of amides is 1. The molecule has 1 amide bonds. The first-order chi connectivity index (χ1) is 8.28. The molecular formula is C11H12FNO4S. The van der Waals surface area contributed by atoms with E-state index in [1.807, 2.05) is 0 Å². The number of carbonyl (C=O) groups excluding carboxylic acids is 2. The van der Waals surface area contributed by atoms with Gasteiger partial charge in [0.25, 0.3) is 0 Å². The van der Waals surface area contributed by atoms with E-state index in [0.29, 0.717) is 5.56 Å². The van der Waals surface area contributed by atoms with Crippen molar-refractivity contribution < 1.29 is 22.4 Å². The zero-order valence-corrected chi connectivity index (χ0v) is 10.2. The molecule has 0 aliphatic rings. The molecule has 0 aromatic heterocycles. The van der Waals surface area contributed by atoms with Crippen LogP contribution in [0, 0.1) is 5.82 Å². The van der Waals surface area contributed by atoms with E-state index in [0.717, 1.165) is 0 Å². The minimum absolute atomic E-state index is 0.127. The van der Waals surface area contributed by atoms with Crippen molar-refractivity contribution in [3.8, 4) is 0 Å². The van der Waals surface area contributed by atoms with Crippen molar-refractivity contribution in [2.45, 2.75) is 6.42 Å². The number of carbonyl (C=O) groups is 2. The lowest BCUT2D eigenvalue weighted by molar-refractivity contribution is -0.116. The van der Waals surface area contributed by atoms with Crippen molar-refractivity contribution in [1.82, 2.24) is 0 Å². The van der Waals surface area contributed by atoms with Gasteiger partial charge in [0.2, 0.25) is 5.91 Å². The molecule has 0 fully saturated rings. The van der Waals surface area contributed by atoms with Gasteiger partial charge < -0.3 is 5.73 Å². The minimum Gasteiger partial charge on any atom is -0.369 e. The summed E-state index contributed by atoms with van der Waals surface area (Å²) in [4.78, 5) is 22.0. The molecule has 0 heterocycles. The van der Waals surface area contributed by atoms with E-state index >= 15 is 0 Å². The highest BCUT2D eigenvalue weighted by Crippen LogP contribution is 2.05. The third-order valence-electron chi connectivity index (χ3n) is 2.06. The van der Waals surface area contributed by atoms with Crippen LogP contribution in [0.15, 0.2) is 24.3 Å². The van der Waals surface area contributed by atoms with Crippen LogP contribution in [0.4, 0.5) is 4.39 Å². The lowest BCUT2D eigenvalue weighted by Crippen LogP contribution is -2.28. The molecule has 0 aliphatic carbocycles. The largest absolute Gasteiger partial charge is 0.369 e. The van der Waals surface area contributed by atoms with Gasteiger partial charge in [-0.25, -0.2) is 12.8 Å². The van der Waals surface area contributed by atoms with Crippen molar-refractivity contribution in [1.29, 1.82) is 0 Å². The van der Waals surface area contributed by atoms with Gasteiger partial charge in [0.05, 0.1) is 0 Å². The number of nitrogens with two attached hydrogens (primary N) is 1. The highest BCUT2D eigenvalue weighted by molar-refractivity contribution is 7.92. The Bertz CT molecular complexity index is 551. The summed E-state index contributed by atoms with van der Waals surface area (Å²) in [6, 6.07) is 5.16. The van der Waals surface area contributed by atoms with E-state index in [2.05, 4.69) is 0 Å². The summed E-state index contributed by atoms with van der Waals surface area (Å²) >= 11 is 0. The molecule has 0 unspecified atom stereocenters. The number of rotatable bonds is 6. The van der Waals surface area contributed by atoms with Crippen LogP contribution in [0.1, 0.15) is 5.56 Å². The molecule has 0 atom stereocenters. The van der Waals surface area contributed by atoms with Gasteiger partial charge in [-0.05, 0) is 17.7 Å². The summed E-state index contributed by atoms with van der Waals surface area (Å²) in [6.07, 6.45) is -0.127. The van der Waals surface area contributed by atoms with E-state index in [1.54, 1.807) is 0 Å². The highest BCUT2D eigenvalue weighted by Gasteiger charge is 2.19. The molecule has 0 saturated heterocycles. The maximum Gasteiger partial charge on any atom is 0.232 e. The van der Waals surface area contributed by atoms with Gasteiger partial charge in [-0.3, -0.25) is 9.59 Å². The number of hydrogen-bond acceptors (Lipinski definition) is 4. The molecule has 2 N–H and O–H groups in total. The molecule has 0 radical (unpaired) electrons. The maximum absolute atomic E-state index is 12.6. The molecule has 98 valence electrons. The first-order valence-electron chi connectivity index (χ1n) is 5.03. The van der Waals surface area contributed by atoms with Crippen LogP contribution in [0.2, 0.25) is 0 Å². The number of Topliss-reactive ketones (excluding diaryl/α,β-unsaturated/α-hetero) is 1. The average Bonchev–Trinajstić information content (AvgIpc) is 2.18. The Morgan fingerprint density at radius 1 is 1.11 bits per heavy atom. The fourth-order valence-electron chi connectivity index (χ4n) is 1.39. The summed E-state index contributed by atoms with van der Waals surface area (Å²) in [5.74, 6) is -3.59. The van der Waals surface area contributed by atoms with Crippen molar-refractivity contribution in [3.05, 3.63) is 35.6 Å². The van der Waals surface area contributed by atoms with Crippen LogP contribution < -0.4 is 5.73 Å². The second kappa shape index (κ2) is 5.72. The molecular weight excluding hydrogens is 261 g/mol. The van der Waals surface area contributed by atoms with Crippen molar-refractivity contribution in [3.63, 3.8) is 0 Å². The van der Waals surface area contributed by atoms with E-state index in [9.17, 15) is 22.4 Å². The summed E-state index contributed by atoms with van der Waals surface area (Å²) in [7, 11) is -3.81. The number of sulfone groups is 1. The molecule has 0 aliphatic heterocycles. The van der Waals surface area contributed by atoms with Gasteiger partial charge >= 0.3 is 0 Å². The van der Waals surface area contributed by atoms with Gasteiger partial charge in [-0.2, -0.15) is 0 Å². The topological polar surface area (TPSA) is 94.3 Å². The van der Waals surface area contributed by atoms with Crippen molar-refractivity contribution in [2.24, 2.45) is 5.73 Å². The quantitative estimate of drug-likeness (QED) is 0.779. The van der Waals surface area contributed by atoms with E-state index in [1.165, 1.54) is 24.3 Å². The monoisotopic (exact) mass is 273 g/mol. The first-order valence-corrected chi connectivity index (χ1v) is 6.85. The molecule has 0 spiro atoms. The normalized spacial score (nSPS) is 11.2. The van der Waals surface area contributed by atoms with Gasteiger partial charge in [0, 0.05) is 6.42 Å². The van der Waals surface area contributed by atoms with Crippen LogP contribution in [-0.2, 0) is 25.8 Å². The number of primary amides is 1. The lowest BCUT2D eigenvalue weighted by Gasteiger charge is -2.02. The molecule has 7 heteroatoms. The molecule has 0 saturated carbocycles. The standard InChI is InChI=1S/C11H12FNO4S/c12-9-3-1-8(2-4-9)5-10(14)6-18(16,17)7-11(13)15/h1-4H,5-7H2,(H2,13,15). The molecule has 5 nitrogen and oxygen atoms in total. The lowest BCUT2D eigenvalue weighted by atomic mass is 10.1. The molecule has 1 rings (SSSR count). The second-order valence-electron chi connectivity index (χ2n) is 3.84. The van der Waals surface area contributed by atoms with E-state index in [4.69, 9.17) is 5.73 Å². The number of hydrogen-bond donors (Lipinski definition) is 1. The summed E-state index contributed by atoms with van der Waals surface area (Å²) in [5, 5.41) is 0. The Balaban J connectivity index is 2.62. The molecule has 1 aromatic carbocycles. The third kappa shape index (κ3) is 5.05. The first kappa shape index (κ1) is 14.3.